The fraction of sp³-hybridized carbons (Fsp3) is 0.0588. The normalized spacial score (nSPS) is 15.4. The van der Waals surface area contributed by atoms with Crippen LogP contribution in [0.25, 0.3) is 6.08 Å². The van der Waals surface area contributed by atoms with Gasteiger partial charge in [0.15, 0.2) is 5.70 Å². The molecule has 2 aromatic carbocycles. The number of carbonyl (C=O) groups excluding carboxylic acids is 1. The molecular formula is C17H10BrI2NO3. The van der Waals surface area contributed by atoms with E-state index in [-0.39, 0.29) is 5.70 Å². The predicted molar refractivity (Wildman–Crippen MR) is 113 cm³/mol. The summed E-state index contributed by atoms with van der Waals surface area (Å²) in [5, 5.41) is 0. The van der Waals surface area contributed by atoms with Crippen LogP contribution in [-0.4, -0.2) is 19.0 Å². The average molecular weight is 610 g/mol. The molecule has 122 valence electrons. The van der Waals surface area contributed by atoms with E-state index in [1.165, 1.54) is 0 Å². The second-order valence-corrected chi connectivity index (χ2v) is 8.18. The molecule has 0 aliphatic carbocycles. The van der Waals surface area contributed by atoms with Crippen LogP contribution in [0.5, 0.6) is 5.75 Å². The number of carbonyl (C=O) groups is 1. The molecule has 0 amide bonds. The van der Waals surface area contributed by atoms with E-state index in [9.17, 15) is 4.79 Å². The topological polar surface area (TPSA) is 47.9 Å². The zero-order valence-corrected chi connectivity index (χ0v) is 18.2. The zero-order chi connectivity index (χ0) is 17.3. The molecule has 0 N–H and O–H groups in total. The molecule has 0 fully saturated rings. The molecule has 0 spiro atoms. The van der Waals surface area contributed by atoms with Crippen molar-refractivity contribution in [1.29, 1.82) is 0 Å². The largest absolute Gasteiger partial charge is 0.495 e. The van der Waals surface area contributed by atoms with Crippen molar-refractivity contribution in [2.24, 2.45) is 4.99 Å². The number of cyclic esters (lactones) is 1. The fourth-order valence-electron chi connectivity index (χ4n) is 2.18. The van der Waals surface area contributed by atoms with Gasteiger partial charge in [-0.2, -0.15) is 0 Å². The number of esters is 1. The Morgan fingerprint density at radius 2 is 1.92 bits per heavy atom. The Hall–Kier alpha value is -0.940. The number of hydrogen-bond acceptors (Lipinski definition) is 4. The first-order chi connectivity index (χ1) is 11.5. The van der Waals surface area contributed by atoms with Crippen LogP contribution in [0, 0.1) is 7.14 Å². The van der Waals surface area contributed by atoms with Gasteiger partial charge in [-0.05, 0) is 87.7 Å². The molecular weight excluding hydrogens is 600 g/mol. The molecule has 1 aliphatic rings. The summed E-state index contributed by atoms with van der Waals surface area (Å²) in [6.45, 7) is 0. The van der Waals surface area contributed by atoms with Crippen LogP contribution in [-0.2, 0) is 9.53 Å². The predicted octanol–water partition coefficient (Wildman–Crippen LogP) is 5.01. The van der Waals surface area contributed by atoms with Crippen LogP contribution in [0.15, 0.2) is 51.6 Å². The van der Waals surface area contributed by atoms with Gasteiger partial charge in [0.25, 0.3) is 0 Å². The van der Waals surface area contributed by atoms with Crippen molar-refractivity contribution >= 4 is 79.1 Å². The SMILES string of the molecule is COc1c(I)cc(I)cc1/C=C1\N=C(c2ccc(Br)cc2)OC1=O. The van der Waals surface area contributed by atoms with Crippen LogP contribution >= 0.6 is 61.1 Å². The van der Waals surface area contributed by atoms with Crippen LogP contribution in [0.3, 0.4) is 0 Å². The number of benzene rings is 2. The van der Waals surface area contributed by atoms with Crippen molar-refractivity contribution in [1.82, 2.24) is 0 Å². The Kier molecular flexibility index (Phi) is 5.60. The number of rotatable bonds is 3. The van der Waals surface area contributed by atoms with Crippen molar-refractivity contribution in [3.05, 3.63) is 64.8 Å². The average Bonchev–Trinajstić information content (AvgIpc) is 2.88. The van der Waals surface area contributed by atoms with E-state index in [4.69, 9.17) is 9.47 Å². The van der Waals surface area contributed by atoms with Gasteiger partial charge in [-0.1, -0.05) is 15.9 Å². The summed E-state index contributed by atoms with van der Waals surface area (Å²) in [7, 11) is 1.61. The smallest absolute Gasteiger partial charge is 0.363 e. The summed E-state index contributed by atoms with van der Waals surface area (Å²) in [6.07, 6.45) is 1.69. The van der Waals surface area contributed by atoms with Gasteiger partial charge >= 0.3 is 5.97 Å². The highest BCUT2D eigenvalue weighted by molar-refractivity contribution is 14.1. The van der Waals surface area contributed by atoms with Gasteiger partial charge in [0, 0.05) is 19.2 Å². The molecule has 0 bridgehead atoms. The number of methoxy groups -OCH3 is 1. The molecule has 2 aromatic rings. The number of nitrogens with zero attached hydrogens (tertiary/aromatic N) is 1. The van der Waals surface area contributed by atoms with E-state index in [0.29, 0.717) is 11.6 Å². The van der Waals surface area contributed by atoms with Crippen LogP contribution < -0.4 is 4.74 Å². The minimum atomic E-state index is -0.469. The molecule has 1 aliphatic heterocycles. The lowest BCUT2D eigenvalue weighted by atomic mass is 10.1. The van der Waals surface area contributed by atoms with Crippen molar-refractivity contribution in [2.75, 3.05) is 7.11 Å². The Labute approximate surface area is 174 Å². The van der Waals surface area contributed by atoms with Gasteiger partial charge in [0.1, 0.15) is 5.75 Å². The molecule has 0 saturated carbocycles. The first-order valence-electron chi connectivity index (χ1n) is 6.79. The monoisotopic (exact) mass is 609 g/mol. The minimum absolute atomic E-state index is 0.254. The van der Waals surface area contributed by atoms with Gasteiger partial charge in [-0.15, -0.1) is 0 Å². The molecule has 0 saturated heterocycles. The third-order valence-corrected chi connectivity index (χ3v) is 5.20. The van der Waals surface area contributed by atoms with Crippen LogP contribution in [0.4, 0.5) is 0 Å². The van der Waals surface area contributed by atoms with E-state index >= 15 is 0 Å². The molecule has 0 radical (unpaired) electrons. The van der Waals surface area contributed by atoms with Crippen molar-refractivity contribution in [3.8, 4) is 5.75 Å². The lowest BCUT2D eigenvalue weighted by molar-refractivity contribution is -0.129. The quantitative estimate of drug-likeness (QED) is 0.279. The summed E-state index contributed by atoms with van der Waals surface area (Å²) in [4.78, 5) is 16.5. The second-order valence-electron chi connectivity index (χ2n) is 4.85. The number of halogens is 3. The summed E-state index contributed by atoms with van der Waals surface area (Å²) < 4.78 is 13.7. The highest BCUT2D eigenvalue weighted by Crippen LogP contribution is 2.31. The first kappa shape index (κ1) is 17.9. The Bertz CT molecular complexity index is 876. The highest BCUT2D eigenvalue weighted by Gasteiger charge is 2.24. The summed E-state index contributed by atoms with van der Waals surface area (Å²) in [5.41, 5.74) is 1.80. The molecule has 1 heterocycles. The third kappa shape index (κ3) is 3.83. The molecule has 7 heteroatoms. The second kappa shape index (κ2) is 7.52. The standard InChI is InChI=1S/C17H10BrI2NO3/c1-23-15-10(6-12(19)8-13(15)20)7-14-17(22)24-16(21-14)9-2-4-11(18)5-3-9/h2-8H,1H3/b14-7-. The van der Waals surface area contributed by atoms with Gasteiger partial charge in [-0.25, -0.2) is 9.79 Å². The summed E-state index contributed by atoms with van der Waals surface area (Å²) >= 11 is 7.81. The molecule has 4 nitrogen and oxygen atoms in total. The van der Waals surface area contributed by atoms with Crippen molar-refractivity contribution in [3.63, 3.8) is 0 Å². The van der Waals surface area contributed by atoms with Gasteiger partial charge < -0.3 is 9.47 Å². The Morgan fingerprint density at radius 3 is 2.58 bits per heavy atom. The van der Waals surface area contributed by atoms with E-state index < -0.39 is 5.97 Å². The Balaban J connectivity index is 2.02. The summed E-state index contributed by atoms with van der Waals surface area (Å²) in [5.74, 6) is 0.547. The minimum Gasteiger partial charge on any atom is -0.495 e. The maximum absolute atomic E-state index is 12.1. The fourth-order valence-corrected chi connectivity index (χ4v) is 4.55. The van der Waals surface area contributed by atoms with Gasteiger partial charge in [-0.3, -0.25) is 0 Å². The van der Waals surface area contributed by atoms with E-state index in [1.807, 2.05) is 36.4 Å². The van der Waals surface area contributed by atoms with E-state index in [0.717, 1.165) is 22.7 Å². The molecule has 0 atom stereocenters. The van der Waals surface area contributed by atoms with E-state index in [2.05, 4.69) is 66.1 Å². The van der Waals surface area contributed by atoms with Crippen molar-refractivity contribution < 1.29 is 14.3 Å². The molecule has 0 unspecified atom stereocenters. The Morgan fingerprint density at radius 1 is 1.21 bits per heavy atom. The van der Waals surface area contributed by atoms with Crippen LogP contribution in [0.1, 0.15) is 11.1 Å². The van der Waals surface area contributed by atoms with Gasteiger partial charge in [0.2, 0.25) is 5.90 Å². The summed E-state index contributed by atoms with van der Waals surface area (Å²) in [6, 6.07) is 11.4. The molecule has 3 rings (SSSR count). The number of aliphatic imine (C=N–C) groups is 1. The maximum atomic E-state index is 12.1. The van der Waals surface area contributed by atoms with Gasteiger partial charge in [0.05, 0.1) is 10.7 Å². The number of hydrogen-bond donors (Lipinski definition) is 0. The highest BCUT2D eigenvalue weighted by atomic mass is 127. The van der Waals surface area contributed by atoms with Crippen molar-refractivity contribution in [2.45, 2.75) is 0 Å². The lowest BCUT2D eigenvalue weighted by Crippen LogP contribution is -2.05. The lowest BCUT2D eigenvalue weighted by Gasteiger charge is -2.08. The number of ether oxygens (including phenoxy) is 2. The van der Waals surface area contributed by atoms with Crippen LogP contribution in [0.2, 0.25) is 0 Å². The van der Waals surface area contributed by atoms with E-state index in [1.54, 1.807) is 13.2 Å². The molecule has 0 aromatic heterocycles. The third-order valence-electron chi connectivity index (χ3n) is 3.25. The first-order valence-corrected chi connectivity index (χ1v) is 9.74. The maximum Gasteiger partial charge on any atom is 0.363 e. The molecule has 24 heavy (non-hydrogen) atoms. The zero-order valence-electron chi connectivity index (χ0n) is 12.3.